The van der Waals surface area contributed by atoms with Crippen LogP contribution in [0, 0.1) is 23.6 Å². The smallest absolute Gasteiger partial charge is 0.224 e. The van der Waals surface area contributed by atoms with Crippen LogP contribution >= 0.6 is 15.9 Å². The third kappa shape index (κ3) is 3.20. The van der Waals surface area contributed by atoms with E-state index in [9.17, 15) is 9.18 Å². The van der Waals surface area contributed by atoms with Gasteiger partial charge in [0, 0.05) is 17.1 Å². The Balaban J connectivity index is 1.44. The largest absolute Gasteiger partial charge is 0.356 e. The molecule has 2 saturated carbocycles. The highest BCUT2D eigenvalue weighted by Crippen LogP contribution is 2.47. The number of fused-ring (bicyclic) bond motifs is 2. The molecule has 0 aromatic heterocycles. The Labute approximate surface area is 139 Å². The number of nitrogens with one attached hydrogen (secondary N) is 1. The van der Waals surface area contributed by atoms with Crippen LogP contribution in [0.2, 0.25) is 0 Å². The van der Waals surface area contributed by atoms with Gasteiger partial charge in [0.05, 0.1) is 5.92 Å². The maximum Gasteiger partial charge on any atom is 0.224 e. The molecule has 3 nitrogen and oxygen atoms in total. The van der Waals surface area contributed by atoms with E-state index in [2.05, 4.69) is 21.2 Å². The predicted octanol–water partition coefficient (Wildman–Crippen LogP) is 3.01. The number of rotatable bonds is 5. The summed E-state index contributed by atoms with van der Waals surface area (Å²) in [5.74, 6) is 0.900. The Kier molecular flexibility index (Phi) is 4.83. The fourth-order valence-corrected chi connectivity index (χ4v) is 4.39. The van der Waals surface area contributed by atoms with E-state index < -0.39 is 0 Å². The lowest BCUT2D eigenvalue weighted by atomic mass is 9.84. The summed E-state index contributed by atoms with van der Waals surface area (Å²) in [7, 11) is 0. The third-order valence-electron chi connectivity index (χ3n) is 5.22. The maximum absolute atomic E-state index is 13.7. The fraction of sp³-hybridized carbons (Fsp3) is 0.588. The molecule has 2 fully saturated rings. The molecule has 22 heavy (non-hydrogen) atoms. The number of hydrogen-bond acceptors (Lipinski definition) is 2. The summed E-state index contributed by atoms with van der Waals surface area (Å²) in [5.41, 5.74) is 6.87. The zero-order valence-corrected chi connectivity index (χ0v) is 14.1. The summed E-state index contributed by atoms with van der Waals surface area (Å²) < 4.78 is 14.4. The van der Waals surface area contributed by atoms with E-state index in [4.69, 9.17) is 5.73 Å². The molecule has 2 aliphatic rings. The highest BCUT2D eigenvalue weighted by Gasteiger charge is 2.48. The molecule has 1 aromatic carbocycles. The second kappa shape index (κ2) is 6.67. The van der Waals surface area contributed by atoms with E-state index in [-0.39, 0.29) is 23.7 Å². The predicted molar refractivity (Wildman–Crippen MR) is 87.7 cm³/mol. The second-order valence-corrected chi connectivity index (χ2v) is 7.48. The average Bonchev–Trinajstić information content (AvgIpc) is 3.06. The second-order valence-electron chi connectivity index (χ2n) is 6.57. The van der Waals surface area contributed by atoms with Gasteiger partial charge in [-0.1, -0.05) is 22.0 Å². The molecule has 4 atom stereocenters. The number of carbonyl (C=O) groups excluding carboxylic acids is 1. The minimum absolute atomic E-state index is 0.0110. The number of benzene rings is 1. The van der Waals surface area contributed by atoms with Gasteiger partial charge in [0.25, 0.3) is 0 Å². The number of amides is 1. The van der Waals surface area contributed by atoms with Crippen LogP contribution in [0.3, 0.4) is 0 Å². The first-order chi connectivity index (χ1) is 10.6. The molecule has 0 heterocycles. The molecular formula is C17H22BrFN2O. The van der Waals surface area contributed by atoms with Crippen LogP contribution < -0.4 is 11.1 Å². The number of halogens is 2. The van der Waals surface area contributed by atoms with E-state index in [0.29, 0.717) is 30.4 Å². The van der Waals surface area contributed by atoms with E-state index in [1.54, 1.807) is 6.07 Å². The molecule has 3 rings (SSSR count). The Bertz CT molecular complexity index is 564. The van der Waals surface area contributed by atoms with Gasteiger partial charge in [-0.3, -0.25) is 4.79 Å². The molecule has 0 saturated heterocycles. The fourth-order valence-electron chi connectivity index (χ4n) is 4.06. The molecule has 0 spiro atoms. The van der Waals surface area contributed by atoms with Gasteiger partial charge in [-0.25, -0.2) is 4.39 Å². The monoisotopic (exact) mass is 368 g/mol. The van der Waals surface area contributed by atoms with E-state index >= 15 is 0 Å². The minimum Gasteiger partial charge on any atom is -0.356 e. The average molecular weight is 369 g/mol. The van der Waals surface area contributed by atoms with Gasteiger partial charge in [-0.2, -0.15) is 0 Å². The third-order valence-corrected chi connectivity index (χ3v) is 5.71. The molecule has 1 aromatic rings. The van der Waals surface area contributed by atoms with Crippen molar-refractivity contribution in [3.05, 3.63) is 34.1 Å². The van der Waals surface area contributed by atoms with Gasteiger partial charge in [0.2, 0.25) is 5.91 Å². The van der Waals surface area contributed by atoms with Crippen LogP contribution in [0.15, 0.2) is 22.7 Å². The normalized spacial score (nSPS) is 29.8. The van der Waals surface area contributed by atoms with E-state index in [1.165, 1.54) is 12.5 Å². The molecule has 5 heteroatoms. The highest BCUT2D eigenvalue weighted by molar-refractivity contribution is 9.10. The van der Waals surface area contributed by atoms with Gasteiger partial charge in [0.15, 0.2) is 0 Å². The van der Waals surface area contributed by atoms with Crippen LogP contribution in [0.4, 0.5) is 4.39 Å². The molecule has 3 N–H and O–H groups in total. The Morgan fingerprint density at radius 2 is 2.14 bits per heavy atom. The molecule has 0 aliphatic heterocycles. The molecule has 0 radical (unpaired) electrons. The summed E-state index contributed by atoms with van der Waals surface area (Å²) in [6.07, 6.45) is 4.80. The number of carbonyl (C=O) groups is 1. The summed E-state index contributed by atoms with van der Waals surface area (Å²) in [6, 6.07) is 5.13. The Morgan fingerprint density at radius 3 is 2.82 bits per heavy atom. The van der Waals surface area contributed by atoms with Crippen molar-refractivity contribution in [3.8, 4) is 0 Å². The minimum atomic E-state index is -0.198. The summed E-state index contributed by atoms with van der Waals surface area (Å²) in [4.78, 5) is 12.3. The van der Waals surface area contributed by atoms with Crippen LogP contribution in [0.5, 0.6) is 0 Å². The standard InChI is InChI=1S/C17H22BrFN2O/c18-13-6-5-10(14(19)9-13)2-1-7-21-17(22)15-11-3-4-12(8-11)16(15)20/h5-6,9,11-12,15-16H,1-4,7-8,20H2,(H,21,22). The van der Waals surface area contributed by atoms with Gasteiger partial charge < -0.3 is 11.1 Å². The lowest BCUT2D eigenvalue weighted by molar-refractivity contribution is -0.127. The van der Waals surface area contributed by atoms with Crippen molar-refractivity contribution in [2.75, 3.05) is 6.54 Å². The number of aryl methyl sites for hydroxylation is 1. The van der Waals surface area contributed by atoms with E-state index in [1.807, 2.05) is 6.07 Å². The van der Waals surface area contributed by atoms with Gasteiger partial charge in [-0.05, 0) is 61.6 Å². The zero-order valence-electron chi connectivity index (χ0n) is 12.5. The van der Waals surface area contributed by atoms with Crippen molar-refractivity contribution in [2.24, 2.45) is 23.5 Å². The molecule has 120 valence electrons. The maximum atomic E-state index is 13.7. The van der Waals surface area contributed by atoms with Crippen molar-refractivity contribution in [1.82, 2.24) is 5.32 Å². The lowest BCUT2D eigenvalue weighted by Gasteiger charge is -2.27. The van der Waals surface area contributed by atoms with Crippen LogP contribution in [-0.2, 0) is 11.2 Å². The van der Waals surface area contributed by atoms with Gasteiger partial charge in [0.1, 0.15) is 5.82 Å². The van der Waals surface area contributed by atoms with Crippen molar-refractivity contribution in [2.45, 2.75) is 38.1 Å². The molecule has 1 amide bonds. The summed E-state index contributed by atoms with van der Waals surface area (Å²) >= 11 is 3.25. The first-order valence-corrected chi connectivity index (χ1v) is 8.83. The molecule has 4 unspecified atom stereocenters. The quantitative estimate of drug-likeness (QED) is 0.784. The Morgan fingerprint density at radius 1 is 1.36 bits per heavy atom. The molecular weight excluding hydrogens is 347 g/mol. The van der Waals surface area contributed by atoms with Gasteiger partial charge >= 0.3 is 0 Å². The van der Waals surface area contributed by atoms with Crippen LogP contribution in [0.25, 0.3) is 0 Å². The zero-order chi connectivity index (χ0) is 15.7. The topological polar surface area (TPSA) is 55.1 Å². The summed E-state index contributed by atoms with van der Waals surface area (Å²) in [5, 5.41) is 2.99. The first kappa shape index (κ1) is 15.9. The Hall–Kier alpha value is -0.940. The van der Waals surface area contributed by atoms with Gasteiger partial charge in [-0.15, -0.1) is 0 Å². The van der Waals surface area contributed by atoms with Crippen molar-refractivity contribution < 1.29 is 9.18 Å². The van der Waals surface area contributed by atoms with Crippen LogP contribution in [-0.4, -0.2) is 18.5 Å². The highest BCUT2D eigenvalue weighted by atomic mass is 79.9. The summed E-state index contributed by atoms with van der Waals surface area (Å²) in [6.45, 7) is 0.578. The molecule has 2 bridgehead atoms. The lowest BCUT2D eigenvalue weighted by Crippen LogP contribution is -2.45. The van der Waals surface area contributed by atoms with Crippen molar-refractivity contribution in [1.29, 1.82) is 0 Å². The SMILES string of the molecule is NC1C2CCC(C2)C1C(=O)NCCCc1ccc(Br)cc1F. The molecule has 2 aliphatic carbocycles. The van der Waals surface area contributed by atoms with E-state index in [0.717, 1.165) is 23.7 Å². The first-order valence-electron chi connectivity index (χ1n) is 8.03. The van der Waals surface area contributed by atoms with Crippen LogP contribution in [0.1, 0.15) is 31.2 Å². The van der Waals surface area contributed by atoms with Crippen molar-refractivity contribution >= 4 is 21.8 Å². The van der Waals surface area contributed by atoms with Crippen molar-refractivity contribution in [3.63, 3.8) is 0 Å². The number of nitrogens with two attached hydrogens (primary N) is 1. The number of hydrogen-bond donors (Lipinski definition) is 2.